The Morgan fingerprint density at radius 1 is 0.971 bits per heavy atom. The number of carbonyl (C=O) groups is 2. The maximum absolute atomic E-state index is 13.4. The van der Waals surface area contributed by atoms with Crippen LogP contribution in [0.15, 0.2) is 65.5 Å². The molecule has 3 heterocycles. The van der Waals surface area contributed by atoms with Crippen molar-refractivity contribution in [1.82, 2.24) is 9.47 Å². The molecular weight excluding hydrogens is 428 g/mol. The molecule has 1 N–H and O–H groups in total. The van der Waals surface area contributed by atoms with Gasteiger partial charge in [-0.15, -0.1) is 0 Å². The number of hydrogen-bond donors (Lipinski definition) is 1. The fourth-order valence-electron chi connectivity index (χ4n) is 5.14. The van der Waals surface area contributed by atoms with Gasteiger partial charge >= 0.3 is 0 Å². The Kier molecular flexibility index (Phi) is 5.50. The highest BCUT2D eigenvalue weighted by Gasteiger charge is 2.37. The number of amides is 2. The zero-order chi connectivity index (χ0) is 23.8. The molecule has 0 aliphatic carbocycles. The van der Waals surface area contributed by atoms with E-state index in [2.05, 4.69) is 11.4 Å². The molecule has 170 valence electrons. The van der Waals surface area contributed by atoms with Gasteiger partial charge < -0.3 is 14.8 Å². The maximum atomic E-state index is 13.4. The average Bonchev–Trinajstić information content (AvgIpc) is 2.84. The summed E-state index contributed by atoms with van der Waals surface area (Å²) in [5.41, 5.74) is 4.18. The highest BCUT2D eigenvalue weighted by molar-refractivity contribution is 5.94. The Hall–Kier alpha value is -4.18. The Morgan fingerprint density at radius 2 is 1.71 bits per heavy atom. The van der Waals surface area contributed by atoms with Crippen molar-refractivity contribution < 1.29 is 9.59 Å². The molecule has 1 aromatic heterocycles. The lowest BCUT2D eigenvalue weighted by molar-refractivity contribution is -0.114. The average molecular weight is 453 g/mol. The number of hydrogen-bond acceptors (Lipinski definition) is 4. The molecule has 2 aliphatic heterocycles. The van der Waals surface area contributed by atoms with Crippen LogP contribution in [0.3, 0.4) is 0 Å². The molecule has 0 saturated carbocycles. The first-order valence-corrected chi connectivity index (χ1v) is 11.3. The highest BCUT2D eigenvalue weighted by atomic mass is 16.2. The first-order valence-electron chi connectivity index (χ1n) is 11.3. The fraction of sp³-hybridized carbons (Fsp3) is 0.259. The van der Waals surface area contributed by atoms with Crippen LogP contribution in [0.25, 0.3) is 11.1 Å². The molecule has 7 nitrogen and oxygen atoms in total. The van der Waals surface area contributed by atoms with Gasteiger partial charge in [0.25, 0.3) is 11.5 Å². The molecular formula is C27H24N4O3. The van der Waals surface area contributed by atoms with Crippen molar-refractivity contribution >= 4 is 17.5 Å². The number of nitrogens with zero attached hydrogens (tertiary/aromatic N) is 3. The van der Waals surface area contributed by atoms with Gasteiger partial charge in [0.1, 0.15) is 0 Å². The van der Waals surface area contributed by atoms with Crippen LogP contribution in [0, 0.1) is 17.2 Å². The molecule has 34 heavy (non-hydrogen) atoms. The standard InChI is InChI=1S/C27H24N4O3/c1-17(32)29-23-8-6-20(7-9-23)24-10-11-25-22-12-19(15-31(25)27(24)34)14-30(16-22)26(33)21-4-2-18(13-28)3-5-21/h2-11,19,22H,12,14-16H2,1H3,(H,29,32)/t19-,22+/m0/s1. The van der Waals surface area contributed by atoms with Crippen LogP contribution in [0.2, 0.25) is 0 Å². The quantitative estimate of drug-likeness (QED) is 0.657. The summed E-state index contributed by atoms with van der Waals surface area (Å²) in [6, 6.07) is 20.0. The number of nitrogens with one attached hydrogen (secondary N) is 1. The number of rotatable bonds is 3. The van der Waals surface area contributed by atoms with Crippen molar-refractivity contribution in [3.05, 3.63) is 87.8 Å². The summed E-state index contributed by atoms with van der Waals surface area (Å²) in [6.45, 7) is 3.22. The van der Waals surface area contributed by atoms with Crippen molar-refractivity contribution in [2.24, 2.45) is 5.92 Å². The molecule has 2 atom stereocenters. The Balaban J connectivity index is 1.39. The lowest BCUT2D eigenvalue weighted by Gasteiger charge is -2.43. The number of likely N-dealkylation sites (tertiary alicyclic amines) is 1. The van der Waals surface area contributed by atoms with E-state index in [9.17, 15) is 14.4 Å². The molecule has 1 saturated heterocycles. The van der Waals surface area contributed by atoms with Crippen molar-refractivity contribution in [2.45, 2.75) is 25.8 Å². The summed E-state index contributed by atoms with van der Waals surface area (Å²) >= 11 is 0. The van der Waals surface area contributed by atoms with Crippen LogP contribution in [0.4, 0.5) is 5.69 Å². The molecule has 1 fully saturated rings. The van der Waals surface area contributed by atoms with Crippen molar-refractivity contribution in [1.29, 1.82) is 5.26 Å². The lowest BCUT2D eigenvalue weighted by atomic mass is 9.82. The summed E-state index contributed by atoms with van der Waals surface area (Å²) < 4.78 is 1.87. The van der Waals surface area contributed by atoms with E-state index in [4.69, 9.17) is 5.26 Å². The second-order valence-electron chi connectivity index (χ2n) is 9.04. The van der Waals surface area contributed by atoms with Gasteiger partial charge in [0.05, 0.1) is 11.6 Å². The second-order valence-corrected chi connectivity index (χ2v) is 9.04. The van der Waals surface area contributed by atoms with Gasteiger partial charge in [-0.2, -0.15) is 5.26 Å². The molecule has 3 aromatic rings. The minimum atomic E-state index is -0.139. The Bertz CT molecular complexity index is 1370. The van der Waals surface area contributed by atoms with E-state index in [0.717, 1.165) is 17.7 Å². The van der Waals surface area contributed by atoms with Gasteiger partial charge in [0, 0.05) is 55.0 Å². The fourth-order valence-corrected chi connectivity index (χ4v) is 5.14. The number of fused-ring (bicyclic) bond motifs is 4. The van der Waals surface area contributed by atoms with Gasteiger partial charge in [-0.25, -0.2) is 0 Å². The largest absolute Gasteiger partial charge is 0.338 e. The van der Waals surface area contributed by atoms with Gasteiger partial charge in [0.2, 0.25) is 5.91 Å². The molecule has 7 heteroatoms. The summed E-state index contributed by atoms with van der Waals surface area (Å²) in [5.74, 6) is 0.146. The van der Waals surface area contributed by atoms with Crippen LogP contribution < -0.4 is 10.9 Å². The molecule has 2 aliphatic rings. The first-order chi connectivity index (χ1) is 16.4. The molecule has 2 amide bonds. The summed E-state index contributed by atoms with van der Waals surface area (Å²) in [5, 5.41) is 11.7. The lowest BCUT2D eigenvalue weighted by Crippen LogP contribution is -2.49. The normalized spacial score (nSPS) is 18.5. The minimum Gasteiger partial charge on any atom is -0.338 e. The predicted octanol–water partition coefficient (Wildman–Crippen LogP) is 3.60. The van der Waals surface area contributed by atoms with Gasteiger partial charge in [0.15, 0.2) is 0 Å². The molecule has 5 rings (SSSR count). The van der Waals surface area contributed by atoms with Gasteiger partial charge in [-0.3, -0.25) is 14.4 Å². The van der Waals surface area contributed by atoms with E-state index in [1.54, 1.807) is 36.4 Å². The molecule has 2 aromatic carbocycles. The molecule has 2 bridgehead atoms. The summed E-state index contributed by atoms with van der Waals surface area (Å²) in [4.78, 5) is 39.6. The first kappa shape index (κ1) is 21.7. The molecule has 0 spiro atoms. The van der Waals surface area contributed by atoms with E-state index in [1.807, 2.05) is 33.7 Å². The van der Waals surface area contributed by atoms with Crippen molar-refractivity contribution in [3.8, 4) is 17.2 Å². The maximum Gasteiger partial charge on any atom is 0.258 e. The van der Waals surface area contributed by atoms with Crippen LogP contribution >= 0.6 is 0 Å². The zero-order valence-electron chi connectivity index (χ0n) is 18.8. The van der Waals surface area contributed by atoms with Crippen molar-refractivity contribution in [3.63, 3.8) is 0 Å². The third-order valence-corrected chi connectivity index (χ3v) is 6.67. The monoisotopic (exact) mass is 452 g/mol. The second kappa shape index (κ2) is 8.64. The van der Waals surface area contributed by atoms with E-state index in [0.29, 0.717) is 42.0 Å². The van der Waals surface area contributed by atoms with Crippen molar-refractivity contribution in [2.75, 3.05) is 18.4 Å². The number of anilines is 1. The van der Waals surface area contributed by atoms with E-state index in [-0.39, 0.29) is 29.2 Å². The van der Waals surface area contributed by atoms with Crippen LogP contribution in [-0.2, 0) is 11.3 Å². The number of carbonyl (C=O) groups excluding carboxylic acids is 2. The van der Waals surface area contributed by atoms with E-state index < -0.39 is 0 Å². The predicted molar refractivity (Wildman–Crippen MR) is 128 cm³/mol. The minimum absolute atomic E-state index is 0.0219. The third kappa shape index (κ3) is 3.99. The Morgan fingerprint density at radius 3 is 2.38 bits per heavy atom. The zero-order valence-corrected chi connectivity index (χ0v) is 18.8. The molecule has 0 radical (unpaired) electrons. The van der Waals surface area contributed by atoms with Crippen LogP contribution in [-0.4, -0.2) is 34.4 Å². The summed E-state index contributed by atoms with van der Waals surface area (Å²) in [7, 11) is 0. The highest BCUT2D eigenvalue weighted by Crippen LogP contribution is 2.36. The SMILES string of the molecule is CC(=O)Nc1ccc(-c2ccc3n(c2=O)C[C@H]2C[C@@H]3CN(C(=O)c3ccc(C#N)cc3)C2)cc1. The third-order valence-electron chi connectivity index (χ3n) is 6.67. The number of nitriles is 1. The van der Waals surface area contributed by atoms with Gasteiger partial charge in [-0.05, 0) is 66.4 Å². The number of pyridine rings is 1. The number of piperidine rings is 1. The Labute approximate surface area is 197 Å². The van der Waals surface area contributed by atoms with Crippen LogP contribution in [0.1, 0.15) is 40.9 Å². The smallest absolute Gasteiger partial charge is 0.258 e. The number of benzene rings is 2. The topological polar surface area (TPSA) is 95.2 Å². The number of aromatic nitrogens is 1. The summed E-state index contributed by atoms with van der Waals surface area (Å²) in [6.07, 6.45) is 0.960. The van der Waals surface area contributed by atoms with E-state index in [1.165, 1.54) is 6.92 Å². The molecule has 0 unspecified atom stereocenters. The van der Waals surface area contributed by atoms with Crippen LogP contribution in [0.5, 0.6) is 0 Å². The van der Waals surface area contributed by atoms with Gasteiger partial charge in [-0.1, -0.05) is 12.1 Å². The van der Waals surface area contributed by atoms with E-state index >= 15 is 0 Å².